The van der Waals surface area contributed by atoms with Crippen LogP contribution >= 0.6 is 0 Å². The van der Waals surface area contributed by atoms with Crippen LogP contribution in [0.25, 0.3) is 0 Å². The highest BCUT2D eigenvalue weighted by atomic mass is 13.9. The highest BCUT2D eigenvalue weighted by molar-refractivity contribution is 5.10. The molecule has 0 saturated heterocycles. The van der Waals surface area contributed by atoms with Crippen LogP contribution in [0.15, 0.2) is 49.6 Å². The maximum Gasteiger partial charge on any atom is -0.00814 e. The molecule has 0 rings (SSSR count). The Kier molecular flexibility index (Phi) is 14.2. The maximum atomic E-state index is 3.66. The predicted octanol–water partition coefficient (Wildman–Crippen LogP) is 4.13. The first-order chi connectivity index (χ1) is 5.81. The van der Waals surface area contributed by atoms with Crippen LogP contribution in [0.3, 0.4) is 0 Å². The summed E-state index contributed by atoms with van der Waals surface area (Å²) in [5.41, 5.74) is 0. The van der Waals surface area contributed by atoms with Crippen LogP contribution in [0.5, 0.6) is 0 Å². The highest BCUT2D eigenvalue weighted by Crippen LogP contribution is 1.96. The fraction of sp³-hybridized carbons (Fsp3) is 0.333. The van der Waals surface area contributed by atoms with E-state index in [2.05, 4.69) is 26.2 Å². The second kappa shape index (κ2) is 12.6. The Hall–Kier alpha value is -1.04. The lowest BCUT2D eigenvalue weighted by Gasteiger charge is -1.91. The van der Waals surface area contributed by atoms with E-state index in [1.807, 2.05) is 38.2 Å². The van der Waals surface area contributed by atoms with Gasteiger partial charge in [0.15, 0.2) is 0 Å². The van der Waals surface area contributed by atoms with Gasteiger partial charge in [0.05, 0.1) is 0 Å². The standard InChI is InChI=1S/C10H14.C2H6/c1-4-6-7-8-9-10(3)5-2;1-2/h4-10H,1-2H2,3H3;1-2H3/b7-6-,9-8-;. The van der Waals surface area contributed by atoms with E-state index in [1.165, 1.54) is 0 Å². The first kappa shape index (κ1) is 13.5. The summed E-state index contributed by atoms with van der Waals surface area (Å²) >= 11 is 0. The molecule has 0 heterocycles. The van der Waals surface area contributed by atoms with Gasteiger partial charge in [0.25, 0.3) is 0 Å². The van der Waals surface area contributed by atoms with E-state index in [0.717, 1.165) is 0 Å². The monoisotopic (exact) mass is 164 g/mol. The molecule has 0 N–H and O–H groups in total. The number of hydrogen-bond donors (Lipinski definition) is 0. The van der Waals surface area contributed by atoms with Crippen LogP contribution in [0.2, 0.25) is 0 Å². The summed E-state index contributed by atoms with van der Waals surface area (Å²) in [5.74, 6) is 0.453. The molecule has 0 aliphatic heterocycles. The summed E-state index contributed by atoms with van der Waals surface area (Å²) in [4.78, 5) is 0. The molecule has 0 bridgehead atoms. The SMILES string of the molecule is C=C/C=C\C=C/C(C)C=C.CC. The van der Waals surface area contributed by atoms with E-state index in [4.69, 9.17) is 0 Å². The molecule has 0 aromatic heterocycles. The summed E-state index contributed by atoms with van der Waals surface area (Å²) in [7, 11) is 0. The topological polar surface area (TPSA) is 0 Å². The summed E-state index contributed by atoms with van der Waals surface area (Å²) < 4.78 is 0. The van der Waals surface area contributed by atoms with Crippen molar-refractivity contribution in [2.24, 2.45) is 5.92 Å². The van der Waals surface area contributed by atoms with Crippen molar-refractivity contribution in [1.29, 1.82) is 0 Å². The maximum absolute atomic E-state index is 3.66. The lowest BCUT2D eigenvalue weighted by atomic mass is 10.2. The highest BCUT2D eigenvalue weighted by Gasteiger charge is 1.82. The van der Waals surface area contributed by atoms with E-state index in [9.17, 15) is 0 Å². The molecule has 12 heavy (non-hydrogen) atoms. The van der Waals surface area contributed by atoms with Crippen molar-refractivity contribution >= 4 is 0 Å². The van der Waals surface area contributed by atoms with Gasteiger partial charge in [-0.1, -0.05) is 63.8 Å². The normalized spacial score (nSPS) is 12.2. The van der Waals surface area contributed by atoms with E-state index < -0.39 is 0 Å². The van der Waals surface area contributed by atoms with Gasteiger partial charge in [0, 0.05) is 0 Å². The van der Waals surface area contributed by atoms with Crippen LogP contribution < -0.4 is 0 Å². The molecule has 0 aromatic carbocycles. The third-order valence-corrected chi connectivity index (χ3v) is 1.14. The largest absolute Gasteiger partial charge is 0.102 e. The molecule has 0 nitrogen and oxygen atoms in total. The van der Waals surface area contributed by atoms with Gasteiger partial charge in [-0.15, -0.1) is 6.58 Å². The first-order valence-electron chi connectivity index (χ1n) is 4.39. The van der Waals surface area contributed by atoms with Gasteiger partial charge < -0.3 is 0 Å². The van der Waals surface area contributed by atoms with Crippen LogP contribution in [0, 0.1) is 5.92 Å². The average molecular weight is 164 g/mol. The van der Waals surface area contributed by atoms with Gasteiger partial charge in [-0.25, -0.2) is 0 Å². The molecule has 0 aromatic rings. The number of hydrogen-bond acceptors (Lipinski definition) is 0. The minimum atomic E-state index is 0.453. The van der Waals surface area contributed by atoms with Crippen LogP contribution in [0.4, 0.5) is 0 Å². The predicted molar refractivity (Wildman–Crippen MR) is 59.2 cm³/mol. The zero-order valence-corrected chi connectivity index (χ0v) is 8.46. The molecule has 0 spiro atoms. The van der Waals surface area contributed by atoms with Crippen LogP contribution in [-0.4, -0.2) is 0 Å². The molecule has 0 amide bonds. The minimum Gasteiger partial charge on any atom is -0.102 e. The van der Waals surface area contributed by atoms with Gasteiger partial charge >= 0.3 is 0 Å². The first-order valence-corrected chi connectivity index (χ1v) is 4.39. The van der Waals surface area contributed by atoms with Crippen molar-refractivity contribution in [2.45, 2.75) is 20.8 Å². The molecular weight excluding hydrogens is 144 g/mol. The summed E-state index contributed by atoms with van der Waals surface area (Å²) in [6.07, 6.45) is 11.6. The second-order valence-corrected chi connectivity index (χ2v) is 2.10. The van der Waals surface area contributed by atoms with Gasteiger partial charge in [0.2, 0.25) is 0 Å². The van der Waals surface area contributed by atoms with Crippen molar-refractivity contribution < 1.29 is 0 Å². The van der Waals surface area contributed by atoms with Crippen molar-refractivity contribution in [2.75, 3.05) is 0 Å². The second-order valence-electron chi connectivity index (χ2n) is 2.10. The zero-order chi connectivity index (χ0) is 9.82. The van der Waals surface area contributed by atoms with Crippen LogP contribution in [-0.2, 0) is 0 Å². The molecule has 0 aliphatic carbocycles. The summed E-state index contributed by atoms with van der Waals surface area (Å²) in [6.45, 7) is 13.3. The molecule has 0 heteroatoms. The lowest BCUT2D eigenvalue weighted by molar-refractivity contribution is 0.944. The molecule has 0 aliphatic rings. The molecular formula is C12H20. The van der Waals surface area contributed by atoms with Crippen molar-refractivity contribution in [3.63, 3.8) is 0 Å². The number of allylic oxidation sites excluding steroid dienone is 6. The summed E-state index contributed by atoms with van der Waals surface area (Å²) in [5, 5.41) is 0. The Morgan fingerprint density at radius 3 is 2.00 bits per heavy atom. The third kappa shape index (κ3) is 11.7. The zero-order valence-electron chi connectivity index (χ0n) is 8.46. The Balaban J connectivity index is 0. The Morgan fingerprint density at radius 2 is 1.58 bits per heavy atom. The molecule has 0 fully saturated rings. The molecule has 1 unspecified atom stereocenters. The third-order valence-electron chi connectivity index (χ3n) is 1.14. The molecule has 0 saturated carbocycles. The lowest BCUT2D eigenvalue weighted by Crippen LogP contribution is -1.77. The minimum absolute atomic E-state index is 0.453. The Bertz CT molecular complexity index is 149. The molecule has 68 valence electrons. The Labute approximate surface area is 77.0 Å². The molecule has 0 radical (unpaired) electrons. The van der Waals surface area contributed by atoms with Crippen molar-refractivity contribution in [3.05, 3.63) is 49.6 Å². The van der Waals surface area contributed by atoms with Gasteiger partial charge in [-0.2, -0.15) is 0 Å². The van der Waals surface area contributed by atoms with E-state index in [0.29, 0.717) is 5.92 Å². The average Bonchev–Trinajstić information content (AvgIpc) is 2.15. The number of rotatable bonds is 4. The van der Waals surface area contributed by atoms with Gasteiger partial charge in [-0.3, -0.25) is 0 Å². The summed E-state index contributed by atoms with van der Waals surface area (Å²) in [6, 6.07) is 0. The quantitative estimate of drug-likeness (QED) is 0.433. The fourth-order valence-corrected chi connectivity index (χ4v) is 0.461. The van der Waals surface area contributed by atoms with Gasteiger partial charge in [0.1, 0.15) is 0 Å². The van der Waals surface area contributed by atoms with Crippen molar-refractivity contribution in [1.82, 2.24) is 0 Å². The fourth-order valence-electron chi connectivity index (χ4n) is 0.461. The van der Waals surface area contributed by atoms with E-state index in [1.54, 1.807) is 6.08 Å². The molecule has 1 atom stereocenters. The van der Waals surface area contributed by atoms with Gasteiger partial charge in [-0.05, 0) is 5.92 Å². The van der Waals surface area contributed by atoms with E-state index >= 15 is 0 Å². The van der Waals surface area contributed by atoms with Crippen LogP contribution in [0.1, 0.15) is 20.8 Å². The van der Waals surface area contributed by atoms with Crippen molar-refractivity contribution in [3.8, 4) is 0 Å². The smallest absolute Gasteiger partial charge is 0.00814 e. The Morgan fingerprint density at radius 1 is 1.00 bits per heavy atom. The van der Waals surface area contributed by atoms with E-state index in [-0.39, 0.29) is 0 Å².